The summed E-state index contributed by atoms with van der Waals surface area (Å²) in [6.07, 6.45) is -0.269. The molecular weight excluding hydrogens is 256 g/mol. The molecular formula is C15H12N2O3. The predicted molar refractivity (Wildman–Crippen MR) is 73.1 cm³/mol. The summed E-state index contributed by atoms with van der Waals surface area (Å²) in [7, 11) is 0. The first-order valence-corrected chi connectivity index (χ1v) is 6.01. The lowest BCUT2D eigenvalue weighted by molar-refractivity contribution is -0.139. The highest BCUT2D eigenvalue weighted by atomic mass is 16.4. The summed E-state index contributed by atoms with van der Waals surface area (Å²) in [5.41, 5.74) is 0.368. The third-order valence-corrected chi connectivity index (χ3v) is 2.91. The highest BCUT2D eigenvalue weighted by Gasteiger charge is 2.20. The van der Waals surface area contributed by atoms with Crippen LogP contribution in [-0.4, -0.2) is 23.0 Å². The van der Waals surface area contributed by atoms with E-state index in [0.29, 0.717) is 5.56 Å². The number of carboxylic acids is 1. The first-order chi connectivity index (χ1) is 9.61. The molecule has 1 atom stereocenters. The van der Waals surface area contributed by atoms with Gasteiger partial charge in [-0.2, -0.15) is 5.26 Å². The van der Waals surface area contributed by atoms with Crippen LogP contribution in [0.4, 0.5) is 0 Å². The monoisotopic (exact) mass is 268 g/mol. The largest absolute Gasteiger partial charge is 0.480 e. The zero-order valence-electron chi connectivity index (χ0n) is 10.5. The van der Waals surface area contributed by atoms with Crippen LogP contribution in [0.2, 0.25) is 0 Å². The maximum Gasteiger partial charge on any atom is 0.327 e. The van der Waals surface area contributed by atoms with Gasteiger partial charge in [0.1, 0.15) is 6.04 Å². The van der Waals surface area contributed by atoms with E-state index in [4.69, 9.17) is 10.4 Å². The molecule has 0 radical (unpaired) electrons. The molecule has 100 valence electrons. The van der Waals surface area contributed by atoms with Gasteiger partial charge in [-0.3, -0.25) is 4.79 Å². The minimum Gasteiger partial charge on any atom is -0.480 e. The Balaban J connectivity index is 2.22. The molecule has 0 aromatic heterocycles. The number of hydrogen-bond donors (Lipinski definition) is 2. The SMILES string of the molecule is N#CC[C@H](NC(=O)c1ccc2ccccc2c1)C(=O)O. The van der Waals surface area contributed by atoms with Crippen LogP contribution in [-0.2, 0) is 4.79 Å². The van der Waals surface area contributed by atoms with Crippen molar-refractivity contribution in [3.8, 4) is 6.07 Å². The lowest BCUT2D eigenvalue weighted by Gasteiger charge is -2.11. The Hall–Kier alpha value is -2.87. The summed E-state index contributed by atoms with van der Waals surface area (Å²) in [6.45, 7) is 0. The van der Waals surface area contributed by atoms with Crippen LogP contribution in [0.15, 0.2) is 42.5 Å². The van der Waals surface area contributed by atoms with Gasteiger partial charge in [-0.1, -0.05) is 30.3 Å². The van der Waals surface area contributed by atoms with Crippen LogP contribution in [0.25, 0.3) is 10.8 Å². The molecule has 2 aromatic rings. The van der Waals surface area contributed by atoms with Crippen molar-refractivity contribution in [3.05, 3.63) is 48.0 Å². The quantitative estimate of drug-likeness (QED) is 0.886. The molecule has 0 unspecified atom stereocenters. The van der Waals surface area contributed by atoms with Crippen molar-refractivity contribution in [1.29, 1.82) is 5.26 Å². The average Bonchev–Trinajstić information content (AvgIpc) is 2.46. The fourth-order valence-corrected chi connectivity index (χ4v) is 1.86. The summed E-state index contributed by atoms with van der Waals surface area (Å²) in [5, 5.41) is 21.7. The number of aliphatic carboxylic acids is 1. The molecule has 2 aromatic carbocycles. The Morgan fingerprint density at radius 2 is 1.90 bits per heavy atom. The van der Waals surface area contributed by atoms with Crippen LogP contribution in [0, 0.1) is 11.3 Å². The second-order valence-electron chi connectivity index (χ2n) is 4.29. The van der Waals surface area contributed by atoms with E-state index in [1.165, 1.54) is 0 Å². The summed E-state index contributed by atoms with van der Waals surface area (Å²) >= 11 is 0. The number of carbonyl (C=O) groups excluding carboxylic acids is 1. The lowest BCUT2D eigenvalue weighted by atomic mass is 10.1. The summed E-state index contributed by atoms with van der Waals surface area (Å²) in [5.74, 6) is -1.72. The van der Waals surface area contributed by atoms with Gasteiger partial charge in [0, 0.05) is 5.56 Å². The topological polar surface area (TPSA) is 90.2 Å². The molecule has 0 saturated carbocycles. The van der Waals surface area contributed by atoms with E-state index in [0.717, 1.165) is 10.8 Å². The van der Waals surface area contributed by atoms with Gasteiger partial charge in [-0.15, -0.1) is 0 Å². The molecule has 20 heavy (non-hydrogen) atoms. The van der Waals surface area contributed by atoms with Gasteiger partial charge in [0.25, 0.3) is 5.91 Å². The molecule has 0 saturated heterocycles. The summed E-state index contributed by atoms with van der Waals surface area (Å²) in [4.78, 5) is 22.9. The van der Waals surface area contributed by atoms with Crippen LogP contribution >= 0.6 is 0 Å². The fourth-order valence-electron chi connectivity index (χ4n) is 1.86. The van der Waals surface area contributed by atoms with Gasteiger partial charge in [-0.25, -0.2) is 4.79 Å². The van der Waals surface area contributed by atoms with E-state index in [-0.39, 0.29) is 6.42 Å². The Bertz CT molecular complexity index is 704. The molecule has 0 aliphatic rings. The van der Waals surface area contributed by atoms with Crippen LogP contribution in [0.1, 0.15) is 16.8 Å². The number of nitriles is 1. The molecule has 2 rings (SSSR count). The molecule has 5 nitrogen and oxygen atoms in total. The summed E-state index contributed by atoms with van der Waals surface area (Å²) in [6, 6.07) is 13.2. The predicted octanol–water partition coefficient (Wildman–Crippen LogP) is 1.94. The number of amides is 1. The van der Waals surface area contributed by atoms with E-state index < -0.39 is 17.9 Å². The van der Waals surface area contributed by atoms with Gasteiger partial charge >= 0.3 is 5.97 Å². The fraction of sp³-hybridized carbons (Fsp3) is 0.133. The highest BCUT2D eigenvalue weighted by Crippen LogP contribution is 2.15. The van der Waals surface area contributed by atoms with Gasteiger partial charge < -0.3 is 10.4 Å². The average molecular weight is 268 g/mol. The Labute approximate surface area is 115 Å². The zero-order chi connectivity index (χ0) is 14.5. The molecule has 0 heterocycles. The molecule has 0 fully saturated rings. The number of rotatable bonds is 4. The third-order valence-electron chi connectivity index (χ3n) is 2.91. The molecule has 5 heteroatoms. The van der Waals surface area contributed by atoms with Crippen molar-refractivity contribution in [2.24, 2.45) is 0 Å². The summed E-state index contributed by atoms with van der Waals surface area (Å²) < 4.78 is 0. The van der Waals surface area contributed by atoms with Crippen molar-refractivity contribution in [2.75, 3.05) is 0 Å². The first kappa shape index (κ1) is 13.6. The smallest absolute Gasteiger partial charge is 0.327 e. The van der Waals surface area contributed by atoms with Gasteiger partial charge in [0.15, 0.2) is 0 Å². The van der Waals surface area contributed by atoms with Crippen LogP contribution < -0.4 is 5.32 Å². The molecule has 1 amide bonds. The number of nitrogens with zero attached hydrogens (tertiary/aromatic N) is 1. The molecule has 0 aliphatic carbocycles. The highest BCUT2D eigenvalue weighted by molar-refractivity contribution is 6.00. The third kappa shape index (κ3) is 2.93. The number of fused-ring (bicyclic) bond motifs is 1. The Kier molecular flexibility index (Phi) is 3.96. The number of carbonyl (C=O) groups is 2. The van der Waals surface area contributed by atoms with Crippen molar-refractivity contribution in [2.45, 2.75) is 12.5 Å². The minimum atomic E-state index is -1.22. The van der Waals surface area contributed by atoms with Gasteiger partial charge in [0.05, 0.1) is 12.5 Å². The number of nitrogens with one attached hydrogen (secondary N) is 1. The van der Waals surface area contributed by atoms with E-state index in [1.807, 2.05) is 24.3 Å². The molecule has 0 aliphatic heterocycles. The number of hydrogen-bond acceptors (Lipinski definition) is 3. The Morgan fingerprint density at radius 1 is 1.20 bits per heavy atom. The van der Waals surface area contributed by atoms with Crippen LogP contribution in [0.5, 0.6) is 0 Å². The van der Waals surface area contributed by atoms with E-state index >= 15 is 0 Å². The number of benzene rings is 2. The molecule has 0 spiro atoms. The van der Waals surface area contributed by atoms with Crippen LogP contribution in [0.3, 0.4) is 0 Å². The standard InChI is InChI=1S/C15H12N2O3/c16-8-7-13(15(19)20)17-14(18)12-6-5-10-3-1-2-4-11(10)9-12/h1-6,9,13H,7H2,(H,17,18)(H,19,20)/t13-/m0/s1. The minimum absolute atomic E-state index is 0.269. The van der Waals surface area contributed by atoms with Gasteiger partial charge in [-0.05, 0) is 22.9 Å². The van der Waals surface area contributed by atoms with Crippen molar-refractivity contribution >= 4 is 22.6 Å². The van der Waals surface area contributed by atoms with E-state index in [1.54, 1.807) is 24.3 Å². The normalized spacial score (nSPS) is 11.6. The number of carboxylic acid groups (broad SMARTS) is 1. The second kappa shape index (κ2) is 5.85. The molecule has 2 N–H and O–H groups in total. The maximum absolute atomic E-state index is 12.0. The van der Waals surface area contributed by atoms with Crippen molar-refractivity contribution in [1.82, 2.24) is 5.32 Å². The second-order valence-corrected chi connectivity index (χ2v) is 4.29. The van der Waals surface area contributed by atoms with E-state index in [2.05, 4.69) is 5.32 Å². The lowest BCUT2D eigenvalue weighted by Crippen LogP contribution is -2.40. The van der Waals surface area contributed by atoms with Gasteiger partial charge in [0.2, 0.25) is 0 Å². The van der Waals surface area contributed by atoms with Crippen molar-refractivity contribution < 1.29 is 14.7 Å². The van der Waals surface area contributed by atoms with E-state index in [9.17, 15) is 9.59 Å². The Morgan fingerprint density at radius 3 is 2.55 bits per heavy atom. The molecule has 0 bridgehead atoms. The zero-order valence-corrected chi connectivity index (χ0v) is 10.5. The maximum atomic E-state index is 12.0. The first-order valence-electron chi connectivity index (χ1n) is 6.01. The van der Waals surface area contributed by atoms with Crippen molar-refractivity contribution in [3.63, 3.8) is 0 Å².